The predicted octanol–water partition coefficient (Wildman–Crippen LogP) is 1.65. The molecule has 18 heavy (non-hydrogen) atoms. The van der Waals surface area contributed by atoms with Gasteiger partial charge in [-0.25, -0.2) is 0 Å². The average Bonchev–Trinajstić information content (AvgIpc) is 2.39. The van der Waals surface area contributed by atoms with E-state index in [2.05, 4.69) is 22.5 Å². The van der Waals surface area contributed by atoms with Gasteiger partial charge in [-0.2, -0.15) is 0 Å². The van der Waals surface area contributed by atoms with Crippen LogP contribution in [0.15, 0.2) is 24.5 Å². The summed E-state index contributed by atoms with van der Waals surface area (Å²) in [4.78, 5) is 16.2. The Morgan fingerprint density at radius 3 is 3.11 bits per heavy atom. The van der Waals surface area contributed by atoms with Crippen LogP contribution in [0.2, 0.25) is 0 Å². The van der Waals surface area contributed by atoms with Crippen molar-refractivity contribution >= 4 is 5.91 Å². The highest BCUT2D eigenvalue weighted by atomic mass is 16.2. The second kappa shape index (κ2) is 5.96. The van der Waals surface area contributed by atoms with Gasteiger partial charge in [-0.05, 0) is 43.9 Å². The minimum absolute atomic E-state index is 0.00485. The first-order chi connectivity index (χ1) is 8.66. The fourth-order valence-corrected chi connectivity index (χ4v) is 2.34. The number of nitrogens with zero attached hydrogens (tertiary/aromatic N) is 1. The summed E-state index contributed by atoms with van der Waals surface area (Å²) in [6.07, 6.45) is 5.61. The number of aromatic nitrogens is 1. The van der Waals surface area contributed by atoms with Crippen molar-refractivity contribution in [1.29, 1.82) is 0 Å². The summed E-state index contributed by atoms with van der Waals surface area (Å²) in [6.45, 7) is 5.12. The number of hydrogen-bond acceptors (Lipinski definition) is 3. The van der Waals surface area contributed by atoms with E-state index in [-0.39, 0.29) is 18.0 Å². The van der Waals surface area contributed by atoms with E-state index < -0.39 is 0 Å². The highest BCUT2D eigenvalue weighted by Gasteiger charge is 2.25. The zero-order chi connectivity index (χ0) is 13.0. The van der Waals surface area contributed by atoms with Crippen LogP contribution in [0.5, 0.6) is 0 Å². The molecule has 1 fully saturated rings. The van der Waals surface area contributed by atoms with E-state index in [1.165, 1.54) is 0 Å². The lowest BCUT2D eigenvalue weighted by Crippen LogP contribution is -2.48. The normalized spacial score (nSPS) is 25.4. The van der Waals surface area contributed by atoms with Crippen molar-refractivity contribution in [2.24, 2.45) is 5.92 Å². The van der Waals surface area contributed by atoms with Crippen LogP contribution < -0.4 is 10.6 Å². The third kappa shape index (κ3) is 3.29. The maximum atomic E-state index is 12.1. The molecule has 2 heterocycles. The zero-order valence-electron chi connectivity index (χ0n) is 11.0. The fourth-order valence-electron chi connectivity index (χ4n) is 2.34. The Labute approximate surface area is 108 Å². The lowest BCUT2D eigenvalue weighted by Gasteiger charge is -2.28. The molecular formula is C14H21N3O. The minimum Gasteiger partial charge on any atom is -0.348 e. The molecule has 1 saturated heterocycles. The largest absolute Gasteiger partial charge is 0.348 e. The first-order valence-electron chi connectivity index (χ1n) is 6.60. The molecule has 0 spiro atoms. The summed E-state index contributed by atoms with van der Waals surface area (Å²) >= 11 is 0. The summed E-state index contributed by atoms with van der Waals surface area (Å²) in [6, 6.07) is 3.83. The predicted molar refractivity (Wildman–Crippen MR) is 71.0 cm³/mol. The van der Waals surface area contributed by atoms with Gasteiger partial charge < -0.3 is 10.6 Å². The number of pyridine rings is 1. The first kappa shape index (κ1) is 13.0. The molecule has 2 N–H and O–H groups in total. The molecule has 4 heteroatoms. The van der Waals surface area contributed by atoms with Crippen LogP contribution in [0.4, 0.5) is 0 Å². The van der Waals surface area contributed by atoms with Crippen LogP contribution in [-0.4, -0.2) is 23.5 Å². The molecule has 4 nitrogen and oxygen atoms in total. The van der Waals surface area contributed by atoms with Gasteiger partial charge in [-0.3, -0.25) is 9.78 Å². The van der Waals surface area contributed by atoms with Crippen LogP contribution >= 0.6 is 0 Å². The molecule has 0 saturated carbocycles. The smallest absolute Gasteiger partial charge is 0.237 e. The van der Waals surface area contributed by atoms with Gasteiger partial charge in [-0.15, -0.1) is 0 Å². The van der Waals surface area contributed by atoms with Gasteiger partial charge in [0, 0.05) is 12.4 Å². The van der Waals surface area contributed by atoms with Crippen molar-refractivity contribution in [2.75, 3.05) is 6.54 Å². The van der Waals surface area contributed by atoms with Gasteiger partial charge in [-0.1, -0.05) is 13.0 Å². The molecule has 1 aliphatic rings. The van der Waals surface area contributed by atoms with E-state index in [1.54, 1.807) is 12.4 Å². The number of hydrogen-bond donors (Lipinski definition) is 2. The van der Waals surface area contributed by atoms with E-state index >= 15 is 0 Å². The Morgan fingerprint density at radius 2 is 2.44 bits per heavy atom. The summed E-state index contributed by atoms with van der Waals surface area (Å²) in [5, 5.41) is 6.32. The maximum Gasteiger partial charge on any atom is 0.237 e. The molecule has 3 atom stereocenters. The molecule has 0 aliphatic carbocycles. The van der Waals surface area contributed by atoms with Crippen LogP contribution in [0.1, 0.15) is 38.3 Å². The molecule has 1 aromatic rings. The maximum absolute atomic E-state index is 12.1. The Balaban J connectivity index is 1.91. The van der Waals surface area contributed by atoms with Crippen LogP contribution in [0.25, 0.3) is 0 Å². The van der Waals surface area contributed by atoms with Gasteiger partial charge in [0.2, 0.25) is 5.91 Å². The first-order valence-corrected chi connectivity index (χ1v) is 6.60. The molecule has 1 aliphatic heterocycles. The third-order valence-electron chi connectivity index (χ3n) is 3.53. The Morgan fingerprint density at radius 1 is 1.61 bits per heavy atom. The molecule has 2 unspecified atom stereocenters. The van der Waals surface area contributed by atoms with Crippen molar-refractivity contribution in [3.05, 3.63) is 30.1 Å². The van der Waals surface area contributed by atoms with E-state index in [4.69, 9.17) is 0 Å². The van der Waals surface area contributed by atoms with Crippen LogP contribution in [0.3, 0.4) is 0 Å². The molecule has 0 bridgehead atoms. The second-order valence-corrected chi connectivity index (χ2v) is 5.15. The number of carbonyl (C=O) groups is 1. The summed E-state index contributed by atoms with van der Waals surface area (Å²) in [5.41, 5.74) is 1.04. The highest BCUT2D eigenvalue weighted by Crippen LogP contribution is 2.16. The Hall–Kier alpha value is -1.42. The molecule has 1 aromatic heterocycles. The minimum atomic E-state index is -0.0483. The summed E-state index contributed by atoms with van der Waals surface area (Å²) in [5.74, 6) is 0.716. The number of carbonyl (C=O) groups excluding carboxylic acids is 1. The Bertz CT molecular complexity index is 393. The highest BCUT2D eigenvalue weighted by molar-refractivity contribution is 5.82. The number of nitrogens with one attached hydrogen (secondary N) is 2. The van der Waals surface area contributed by atoms with Gasteiger partial charge in [0.05, 0.1) is 12.1 Å². The Kier molecular flexibility index (Phi) is 4.31. The molecule has 98 valence electrons. The monoisotopic (exact) mass is 247 g/mol. The van der Waals surface area contributed by atoms with E-state index in [0.29, 0.717) is 5.92 Å². The summed E-state index contributed by atoms with van der Waals surface area (Å²) in [7, 11) is 0. The topological polar surface area (TPSA) is 54.0 Å². The second-order valence-electron chi connectivity index (χ2n) is 5.15. The molecule has 2 rings (SSSR count). The van der Waals surface area contributed by atoms with Crippen molar-refractivity contribution in [1.82, 2.24) is 15.6 Å². The standard InChI is InChI=1S/C14H21N3O/c1-10-5-7-16-13(8-10)14(18)17-11(2)12-4-3-6-15-9-12/h3-4,6,9-11,13,16H,5,7-8H2,1-2H3,(H,17,18)/t10?,11-,13?/m1/s1. The summed E-state index contributed by atoms with van der Waals surface area (Å²) < 4.78 is 0. The lowest BCUT2D eigenvalue weighted by molar-refractivity contribution is -0.124. The van der Waals surface area contributed by atoms with Crippen LogP contribution in [0, 0.1) is 5.92 Å². The van der Waals surface area contributed by atoms with Gasteiger partial charge in [0.1, 0.15) is 0 Å². The molecule has 1 amide bonds. The zero-order valence-corrected chi connectivity index (χ0v) is 11.0. The van der Waals surface area contributed by atoms with E-state index in [1.807, 2.05) is 19.1 Å². The lowest BCUT2D eigenvalue weighted by atomic mass is 9.93. The van der Waals surface area contributed by atoms with E-state index in [9.17, 15) is 4.79 Å². The third-order valence-corrected chi connectivity index (χ3v) is 3.53. The van der Waals surface area contributed by atoms with Crippen molar-refractivity contribution < 1.29 is 4.79 Å². The molecular weight excluding hydrogens is 226 g/mol. The number of piperidine rings is 1. The average molecular weight is 247 g/mol. The quantitative estimate of drug-likeness (QED) is 0.854. The fraction of sp³-hybridized carbons (Fsp3) is 0.571. The van der Waals surface area contributed by atoms with Gasteiger partial charge in [0.15, 0.2) is 0 Å². The van der Waals surface area contributed by atoms with Crippen LogP contribution in [-0.2, 0) is 4.79 Å². The number of amides is 1. The van der Waals surface area contributed by atoms with Crippen molar-refractivity contribution in [2.45, 2.75) is 38.8 Å². The number of rotatable bonds is 3. The van der Waals surface area contributed by atoms with Crippen molar-refractivity contribution in [3.63, 3.8) is 0 Å². The van der Waals surface area contributed by atoms with Crippen molar-refractivity contribution in [3.8, 4) is 0 Å². The molecule has 0 aromatic carbocycles. The van der Waals surface area contributed by atoms with E-state index in [0.717, 1.165) is 24.9 Å². The van der Waals surface area contributed by atoms with Gasteiger partial charge >= 0.3 is 0 Å². The van der Waals surface area contributed by atoms with Gasteiger partial charge in [0.25, 0.3) is 0 Å². The SMILES string of the molecule is CC1CCNC(C(=O)N[C@H](C)c2cccnc2)C1. The molecule has 0 radical (unpaired) electrons.